The van der Waals surface area contributed by atoms with Crippen LogP contribution in [0.3, 0.4) is 0 Å². The molecular formula is C31H36N4O5. The number of aromatic nitrogens is 2. The van der Waals surface area contributed by atoms with Crippen LogP contribution in [0.4, 0.5) is 0 Å². The number of fused-ring (bicyclic) bond motifs is 1. The highest BCUT2D eigenvalue weighted by Crippen LogP contribution is 2.29. The summed E-state index contributed by atoms with van der Waals surface area (Å²) in [6.07, 6.45) is 4.94. The van der Waals surface area contributed by atoms with Gasteiger partial charge in [-0.1, -0.05) is 18.8 Å². The Hall–Kier alpha value is -4.13. The lowest BCUT2D eigenvalue weighted by Crippen LogP contribution is -2.49. The molecule has 3 heterocycles. The lowest BCUT2D eigenvalue weighted by Gasteiger charge is -2.37. The molecule has 1 amide bonds. The van der Waals surface area contributed by atoms with E-state index >= 15 is 0 Å². The first-order valence-corrected chi connectivity index (χ1v) is 13.2. The Kier molecular flexibility index (Phi) is 9.59. The third-order valence-electron chi connectivity index (χ3n) is 6.95. The number of hydrogen-bond donors (Lipinski definition) is 1. The zero-order chi connectivity index (χ0) is 28.6. The lowest BCUT2D eigenvalue weighted by atomic mass is 9.99. The summed E-state index contributed by atoms with van der Waals surface area (Å²) in [5.41, 5.74) is 2.78. The molecule has 9 heteroatoms. The van der Waals surface area contributed by atoms with Gasteiger partial charge in [0.25, 0.3) is 5.91 Å². The summed E-state index contributed by atoms with van der Waals surface area (Å²) in [5, 5.41) is 9.93. The van der Waals surface area contributed by atoms with Gasteiger partial charge in [-0.3, -0.25) is 14.7 Å². The molecule has 0 unspecified atom stereocenters. The number of hydrogen-bond acceptors (Lipinski definition) is 8. The van der Waals surface area contributed by atoms with Gasteiger partial charge in [-0.05, 0) is 55.9 Å². The van der Waals surface area contributed by atoms with Crippen molar-refractivity contribution in [2.24, 2.45) is 5.92 Å². The van der Waals surface area contributed by atoms with Crippen LogP contribution in [-0.2, 0) is 6.54 Å². The maximum Gasteiger partial charge on any atom is 0.259 e. The Morgan fingerprint density at radius 1 is 1.12 bits per heavy atom. The summed E-state index contributed by atoms with van der Waals surface area (Å²) in [6.45, 7) is 5.55. The minimum absolute atomic E-state index is 0.00249. The third-order valence-corrected chi connectivity index (χ3v) is 6.95. The maximum absolute atomic E-state index is 13.7. The quantitative estimate of drug-likeness (QED) is 0.432. The van der Waals surface area contributed by atoms with E-state index < -0.39 is 0 Å². The zero-order valence-corrected chi connectivity index (χ0v) is 23.6. The van der Waals surface area contributed by atoms with Crippen LogP contribution in [0.15, 0.2) is 55.0 Å². The normalized spacial score (nSPS) is 17.6. The van der Waals surface area contributed by atoms with Crippen LogP contribution >= 0.6 is 0 Å². The fraction of sp³-hybridized carbons (Fsp3) is 0.387. The molecule has 0 fully saturated rings. The van der Waals surface area contributed by atoms with Crippen LogP contribution in [0.2, 0.25) is 0 Å². The number of pyridine rings is 2. The van der Waals surface area contributed by atoms with Crippen molar-refractivity contribution in [3.8, 4) is 29.2 Å². The van der Waals surface area contributed by atoms with Crippen LogP contribution in [0.1, 0.15) is 40.9 Å². The highest BCUT2D eigenvalue weighted by Gasteiger charge is 2.34. The Bertz CT molecular complexity index is 1370. The second kappa shape index (κ2) is 13.3. The van der Waals surface area contributed by atoms with Crippen molar-refractivity contribution in [1.82, 2.24) is 19.8 Å². The average molecular weight is 545 g/mol. The number of amides is 1. The Labute approximate surface area is 235 Å². The van der Waals surface area contributed by atoms with Crippen LogP contribution in [0.5, 0.6) is 17.4 Å². The molecule has 210 valence electrons. The van der Waals surface area contributed by atoms with E-state index in [-0.39, 0.29) is 36.5 Å². The van der Waals surface area contributed by atoms with Crippen molar-refractivity contribution in [2.75, 3.05) is 41.0 Å². The van der Waals surface area contributed by atoms with Gasteiger partial charge >= 0.3 is 0 Å². The van der Waals surface area contributed by atoms with Crippen molar-refractivity contribution in [3.05, 3.63) is 77.2 Å². The van der Waals surface area contributed by atoms with Gasteiger partial charge in [-0.15, -0.1) is 0 Å². The first kappa shape index (κ1) is 28.9. The largest absolute Gasteiger partial charge is 0.493 e. The molecule has 4 rings (SSSR count). The number of carbonyl (C=O) groups is 1. The number of nitrogens with zero attached hydrogens (tertiary/aromatic N) is 4. The SMILES string of the molecule is COc1ccc(C#Cc2cnc3c(c2)C(=O)N([C@H](C)CO)C[C@H](C)[C@H](CN(C)Cc2ccncc2)O3)cc1OC. The monoisotopic (exact) mass is 544 g/mol. The minimum Gasteiger partial charge on any atom is -0.493 e. The average Bonchev–Trinajstić information content (AvgIpc) is 2.97. The molecule has 3 aromatic rings. The van der Waals surface area contributed by atoms with Crippen molar-refractivity contribution in [2.45, 2.75) is 32.5 Å². The molecule has 1 aliphatic heterocycles. The Balaban J connectivity index is 1.63. The lowest BCUT2D eigenvalue weighted by molar-refractivity contribution is 0.0325. The fourth-order valence-electron chi connectivity index (χ4n) is 4.62. The van der Waals surface area contributed by atoms with Crippen LogP contribution in [0.25, 0.3) is 0 Å². The van der Waals surface area contributed by atoms with Crippen LogP contribution in [0, 0.1) is 17.8 Å². The summed E-state index contributed by atoms with van der Waals surface area (Å²) in [5.74, 6) is 7.42. The molecule has 1 aromatic carbocycles. The smallest absolute Gasteiger partial charge is 0.259 e. The van der Waals surface area contributed by atoms with Gasteiger partial charge in [0.1, 0.15) is 11.7 Å². The highest BCUT2D eigenvalue weighted by atomic mass is 16.5. The molecule has 0 saturated heterocycles. The second-order valence-corrected chi connectivity index (χ2v) is 10.1. The van der Waals surface area contributed by atoms with E-state index in [9.17, 15) is 9.90 Å². The number of ether oxygens (including phenoxy) is 3. The maximum atomic E-state index is 13.7. The second-order valence-electron chi connectivity index (χ2n) is 10.1. The van der Waals surface area contributed by atoms with E-state index in [1.807, 2.05) is 32.2 Å². The molecule has 1 N–H and O–H groups in total. The number of benzene rings is 1. The van der Waals surface area contributed by atoms with Gasteiger partial charge < -0.3 is 24.2 Å². The van der Waals surface area contributed by atoms with E-state index in [2.05, 4.69) is 33.6 Å². The minimum atomic E-state index is -0.363. The van der Waals surface area contributed by atoms with Gasteiger partial charge in [-0.2, -0.15) is 0 Å². The highest BCUT2D eigenvalue weighted by molar-refractivity contribution is 5.97. The number of rotatable bonds is 8. The van der Waals surface area contributed by atoms with Crippen LogP contribution < -0.4 is 14.2 Å². The topological polar surface area (TPSA) is 97.2 Å². The number of methoxy groups -OCH3 is 2. The molecule has 2 aromatic heterocycles. The van der Waals surface area contributed by atoms with Crippen molar-refractivity contribution < 1.29 is 24.1 Å². The Morgan fingerprint density at radius 3 is 2.55 bits per heavy atom. The van der Waals surface area contributed by atoms with Gasteiger partial charge in [0, 0.05) is 55.3 Å². The first-order chi connectivity index (χ1) is 19.3. The van der Waals surface area contributed by atoms with E-state index in [1.54, 1.807) is 55.9 Å². The number of likely N-dealkylation sites (N-methyl/N-ethyl adjacent to an activating group) is 1. The molecule has 3 atom stereocenters. The molecule has 0 aliphatic carbocycles. The molecule has 40 heavy (non-hydrogen) atoms. The Morgan fingerprint density at radius 2 is 1.85 bits per heavy atom. The third kappa shape index (κ3) is 6.89. The molecule has 0 bridgehead atoms. The van der Waals surface area contributed by atoms with Gasteiger partial charge in [0.15, 0.2) is 11.5 Å². The number of carbonyl (C=O) groups excluding carboxylic acids is 1. The fourth-order valence-corrected chi connectivity index (χ4v) is 4.62. The summed E-state index contributed by atoms with van der Waals surface area (Å²) in [4.78, 5) is 26.2. The molecule has 0 radical (unpaired) electrons. The molecule has 0 spiro atoms. The van der Waals surface area contributed by atoms with Crippen molar-refractivity contribution in [3.63, 3.8) is 0 Å². The van der Waals surface area contributed by atoms with E-state index in [0.29, 0.717) is 35.7 Å². The van der Waals surface area contributed by atoms with Gasteiger partial charge in [0.05, 0.1) is 26.9 Å². The predicted octanol–water partition coefficient (Wildman–Crippen LogP) is 3.25. The van der Waals surface area contributed by atoms with E-state index in [0.717, 1.165) is 17.7 Å². The van der Waals surface area contributed by atoms with E-state index in [4.69, 9.17) is 14.2 Å². The van der Waals surface area contributed by atoms with Crippen molar-refractivity contribution in [1.29, 1.82) is 0 Å². The summed E-state index contributed by atoms with van der Waals surface area (Å²) in [6, 6.07) is 10.7. The van der Waals surface area contributed by atoms with Crippen molar-refractivity contribution >= 4 is 5.91 Å². The summed E-state index contributed by atoms with van der Waals surface area (Å²) in [7, 11) is 5.19. The molecule has 0 saturated carbocycles. The van der Waals surface area contributed by atoms with E-state index in [1.165, 1.54) is 0 Å². The van der Waals surface area contributed by atoms with Gasteiger partial charge in [0.2, 0.25) is 5.88 Å². The molecule has 1 aliphatic rings. The van der Waals surface area contributed by atoms with Gasteiger partial charge in [-0.25, -0.2) is 4.98 Å². The zero-order valence-electron chi connectivity index (χ0n) is 23.6. The molecular weight excluding hydrogens is 508 g/mol. The number of aliphatic hydroxyl groups excluding tert-OH is 1. The predicted molar refractivity (Wildman–Crippen MR) is 151 cm³/mol. The first-order valence-electron chi connectivity index (χ1n) is 13.2. The number of aliphatic hydroxyl groups is 1. The molecule has 9 nitrogen and oxygen atoms in total. The summed E-state index contributed by atoms with van der Waals surface area (Å²) < 4.78 is 17.1. The standard InChI is InChI=1S/C31H36N4O5/c1-21-17-35(22(2)20-36)31(37)26-14-25(7-6-23-8-9-27(38-4)28(15-23)39-5)16-33-30(26)40-29(21)19-34(3)18-24-10-12-32-13-11-24/h8-16,21-22,29,36H,17-20H2,1-5H3/t21-,22+,29-/m0/s1. The van der Waals surface area contributed by atoms with Crippen LogP contribution in [-0.4, -0.2) is 83.9 Å². The summed E-state index contributed by atoms with van der Waals surface area (Å²) >= 11 is 0.